The van der Waals surface area contributed by atoms with Crippen LogP contribution in [-0.4, -0.2) is 30.1 Å². The lowest BCUT2D eigenvalue weighted by molar-refractivity contribution is 0.0527. The van der Waals surface area contributed by atoms with Gasteiger partial charge in [0.25, 0.3) is 0 Å². The van der Waals surface area contributed by atoms with Crippen molar-refractivity contribution in [3.05, 3.63) is 17.8 Å². The molecule has 19 heavy (non-hydrogen) atoms. The number of hydrogen-bond donors (Lipinski definition) is 1. The maximum absolute atomic E-state index is 11.8. The Morgan fingerprint density at radius 3 is 2.63 bits per heavy atom. The monoisotopic (exact) mass is 265 g/mol. The summed E-state index contributed by atoms with van der Waals surface area (Å²) in [6.45, 7) is 8.44. The van der Waals surface area contributed by atoms with Gasteiger partial charge in [0.05, 0.1) is 24.1 Å². The molecule has 2 N–H and O–H groups in total. The third kappa shape index (κ3) is 3.36. The van der Waals surface area contributed by atoms with Gasteiger partial charge in [0.15, 0.2) is 0 Å². The fraction of sp³-hybridized carbons (Fsp3) is 0.571. The van der Waals surface area contributed by atoms with E-state index >= 15 is 0 Å². The zero-order valence-corrected chi connectivity index (χ0v) is 12.4. The number of nitrogens with zero attached hydrogens (tertiary/aromatic N) is 2. The molecule has 0 atom stereocenters. The van der Waals surface area contributed by atoms with Crippen LogP contribution in [0.15, 0.2) is 12.3 Å². The Kier molecular flexibility index (Phi) is 4.75. The second-order valence-electron chi connectivity index (χ2n) is 5.08. The number of nitrogen functional groups attached to an aromatic ring is 1. The summed E-state index contributed by atoms with van der Waals surface area (Å²) in [6, 6.07) is 1.69. The van der Waals surface area contributed by atoms with Crippen molar-refractivity contribution in [1.82, 2.24) is 4.98 Å². The highest BCUT2D eigenvalue weighted by molar-refractivity contribution is 5.95. The molecular weight excluding hydrogens is 242 g/mol. The van der Waals surface area contributed by atoms with Gasteiger partial charge in [-0.1, -0.05) is 6.92 Å². The van der Waals surface area contributed by atoms with Crippen molar-refractivity contribution in [2.24, 2.45) is 0 Å². The summed E-state index contributed by atoms with van der Waals surface area (Å²) >= 11 is 0. The van der Waals surface area contributed by atoms with Crippen molar-refractivity contribution in [2.75, 3.05) is 24.3 Å². The minimum absolute atomic E-state index is 0.0466. The molecule has 5 heteroatoms. The number of carbonyl (C=O) groups excluding carboxylic acids is 1. The molecule has 5 nitrogen and oxygen atoms in total. The fourth-order valence-corrected chi connectivity index (χ4v) is 1.57. The van der Waals surface area contributed by atoms with Crippen LogP contribution in [0.1, 0.15) is 44.5 Å². The van der Waals surface area contributed by atoms with Crippen LogP contribution in [0.2, 0.25) is 0 Å². The van der Waals surface area contributed by atoms with Crippen LogP contribution in [0.5, 0.6) is 0 Å². The first-order valence-corrected chi connectivity index (χ1v) is 6.50. The maximum atomic E-state index is 11.8. The highest BCUT2D eigenvalue weighted by atomic mass is 16.5. The van der Waals surface area contributed by atoms with E-state index in [0.717, 1.165) is 6.42 Å². The molecule has 0 unspecified atom stereocenters. The smallest absolute Gasteiger partial charge is 0.340 e. The highest BCUT2D eigenvalue weighted by Gasteiger charge is 2.24. The molecule has 1 aromatic heterocycles. The number of carbonyl (C=O) groups is 1. The Morgan fingerprint density at radius 1 is 1.47 bits per heavy atom. The van der Waals surface area contributed by atoms with Crippen molar-refractivity contribution < 1.29 is 9.53 Å². The predicted molar refractivity (Wildman–Crippen MR) is 77.4 cm³/mol. The van der Waals surface area contributed by atoms with Crippen molar-refractivity contribution >= 4 is 17.5 Å². The van der Waals surface area contributed by atoms with Gasteiger partial charge in [-0.25, -0.2) is 9.78 Å². The number of rotatable bonds is 5. The number of ether oxygens (including phenoxy) is 1. The summed E-state index contributed by atoms with van der Waals surface area (Å²) in [4.78, 5) is 18.1. The quantitative estimate of drug-likeness (QED) is 0.828. The van der Waals surface area contributed by atoms with Crippen molar-refractivity contribution in [3.63, 3.8) is 0 Å². The van der Waals surface area contributed by atoms with E-state index in [1.165, 1.54) is 6.20 Å². The first-order chi connectivity index (χ1) is 8.83. The molecule has 0 amide bonds. The van der Waals surface area contributed by atoms with Gasteiger partial charge >= 0.3 is 5.97 Å². The van der Waals surface area contributed by atoms with Crippen LogP contribution in [0.3, 0.4) is 0 Å². The molecule has 1 heterocycles. The van der Waals surface area contributed by atoms with Crippen molar-refractivity contribution in [3.8, 4) is 0 Å². The number of esters is 1. The van der Waals surface area contributed by atoms with Crippen LogP contribution >= 0.6 is 0 Å². The molecule has 0 saturated carbocycles. The summed E-state index contributed by atoms with van der Waals surface area (Å²) < 4.78 is 4.99. The van der Waals surface area contributed by atoms with Gasteiger partial charge in [-0.15, -0.1) is 0 Å². The van der Waals surface area contributed by atoms with Crippen molar-refractivity contribution in [2.45, 2.75) is 39.7 Å². The number of nitrogens with two attached hydrogens (primary N) is 1. The zero-order valence-electron chi connectivity index (χ0n) is 12.4. The van der Waals surface area contributed by atoms with Gasteiger partial charge in [-0.3, -0.25) is 0 Å². The van der Waals surface area contributed by atoms with E-state index in [1.807, 2.05) is 11.9 Å². The average molecular weight is 265 g/mol. The Labute approximate surface area is 114 Å². The third-order valence-corrected chi connectivity index (χ3v) is 3.53. The molecule has 0 saturated heterocycles. The highest BCUT2D eigenvalue weighted by Crippen LogP contribution is 2.25. The Hall–Kier alpha value is -1.78. The number of anilines is 2. The largest absolute Gasteiger partial charge is 0.462 e. The first-order valence-electron chi connectivity index (χ1n) is 6.50. The molecule has 0 aliphatic rings. The normalized spacial score (nSPS) is 11.2. The number of hydrogen-bond acceptors (Lipinski definition) is 5. The van der Waals surface area contributed by atoms with Crippen LogP contribution in [0, 0.1) is 0 Å². The van der Waals surface area contributed by atoms with E-state index in [1.54, 1.807) is 13.0 Å². The molecule has 0 aromatic carbocycles. The fourth-order valence-electron chi connectivity index (χ4n) is 1.57. The van der Waals surface area contributed by atoms with Gasteiger partial charge in [0.1, 0.15) is 5.82 Å². The van der Waals surface area contributed by atoms with Crippen LogP contribution in [0.4, 0.5) is 11.5 Å². The van der Waals surface area contributed by atoms with E-state index < -0.39 is 5.97 Å². The van der Waals surface area contributed by atoms with Crippen LogP contribution < -0.4 is 10.6 Å². The first kappa shape index (κ1) is 15.3. The Bertz CT molecular complexity index is 458. The van der Waals surface area contributed by atoms with Gasteiger partial charge in [0.2, 0.25) is 0 Å². The Balaban J connectivity index is 3.12. The van der Waals surface area contributed by atoms with Gasteiger partial charge in [0, 0.05) is 12.6 Å². The minimum atomic E-state index is -0.411. The molecule has 1 rings (SSSR count). The minimum Gasteiger partial charge on any atom is -0.462 e. The summed E-state index contributed by atoms with van der Waals surface area (Å²) in [7, 11) is 1.96. The standard InChI is InChI=1S/C14H23N3O2/c1-6-14(3,4)17(5)12-8-10(11(15)9-16-12)13(18)19-7-2/h8-9H,6-7,15H2,1-5H3. The summed E-state index contributed by atoms with van der Waals surface area (Å²) in [5, 5.41) is 0. The van der Waals surface area contributed by atoms with Gasteiger partial charge in [-0.05, 0) is 33.3 Å². The zero-order chi connectivity index (χ0) is 14.6. The van der Waals surface area contributed by atoms with Crippen LogP contribution in [0.25, 0.3) is 0 Å². The van der Waals surface area contributed by atoms with Gasteiger partial charge < -0.3 is 15.4 Å². The number of pyridine rings is 1. The predicted octanol–water partition coefficient (Wildman–Crippen LogP) is 2.47. The molecule has 0 bridgehead atoms. The van der Waals surface area contributed by atoms with E-state index in [4.69, 9.17) is 10.5 Å². The van der Waals surface area contributed by atoms with E-state index in [-0.39, 0.29) is 5.54 Å². The summed E-state index contributed by atoms with van der Waals surface area (Å²) in [5.41, 5.74) is 6.44. The van der Waals surface area contributed by atoms with E-state index in [0.29, 0.717) is 23.7 Å². The lowest BCUT2D eigenvalue weighted by atomic mass is 10.00. The molecule has 1 aromatic rings. The lowest BCUT2D eigenvalue weighted by Gasteiger charge is -2.36. The molecule has 106 valence electrons. The van der Waals surface area contributed by atoms with Crippen molar-refractivity contribution in [1.29, 1.82) is 0 Å². The Morgan fingerprint density at radius 2 is 2.11 bits per heavy atom. The maximum Gasteiger partial charge on any atom is 0.340 e. The third-order valence-electron chi connectivity index (χ3n) is 3.53. The molecule has 0 radical (unpaired) electrons. The second-order valence-corrected chi connectivity index (χ2v) is 5.08. The SMILES string of the molecule is CCOC(=O)c1cc(N(C)C(C)(C)CC)ncc1N. The van der Waals surface area contributed by atoms with Crippen LogP contribution in [-0.2, 0) is 4.74 Å². The molecule has 0 spiro atoms. The summed E-state index contributed by atoms with van der Waals surface area (Å²) in [6.07, 6.45) is 2.47. The summed E-state index contributed by atoms with van der Waals surface area (Å²) in [5.74, 6) is 0.301. The lowest BCUT2D eigenvalue weighted by Crippen LogP contribution is -2.41. The molecule has 0 fully saturated rings. The van der Waals surface area contributed by atoms with E-state index in [9.17, 15) is 4.79 Å². The average Bonchev–Trinajstić information content (AvgIpc) is 2.38. The van der Waals surface area contributed by atoms with E-state index in [2.05, 4.69) is 25.8 Å². The second kappa shape index (κ2) is 5.91. The molecular formula is C14H23N3O2. The number of aromatic nitrogens is 1. The van der Waals surface area contributed by atoms with Gasteiger partial charge in [-0.2, -0.15) is 0 Å². The topological polar surface area (TPSA) is 68.5 Å². The molecule has 0 aliphatic carbocycles. The molecule has 0 aliphatic heterocycles.